The summed E-state index contributed by atoms with van der Waals surface area (Å²) in [5.41, 5.74) is 6.24. The molecule has 3 nitrogen and oxygen atoms in total. The van der Waals surface area contributed by atoms with Crippen LogP contribution in [0, 0.1) is 0 Å². The number of rotatable bonds is 3. The summed E-state index contributed by atoms with van der Waals surface area (Å²) in [6.45, 7) is 2.42. The lowest BCUT2D eigenvalue weighted by molar-refractivity contribution is 0.879. The zero-order chi connectivity index (χ0) is 7.11. The van der Waals surface area contributed by atoms with Crippen molar-refractivity contribution in [2.75, 3.05) is 13.7 Å². The molecule has 0 spiro atoms. The summed E-state index contributed by atoms with van der Waals surface area (Å²) in [7, 11) is 1.74. The minimum atomic E-state index is 0.467. The minimum absolute atomic E-state index is 0.467. The van der Waals surface area contributed by atoms with E-state index in [1.165, 1.54) is 0 Å². The highest BCUT2D eigenvalue weighted by Gasteiger charge is 1.76. The molecule has 0 unspecified atom stereocenters. The van der Waals surface area contributed by atoms with Crippen molar-refractivity contribution in [2.24, 2.45) is 10.7 Å². The van der Waals surface area contributed by atoms with Gasteiger partial charge >= 0.3 is 0 Å². The van der Waals surface area contributed by atoms with Gasteiger partial charge < -0.3 is 11.1 Å². The maximum absolute atomic E-state index is 5.17. The van der Waals surface area contributed by atoms with Crippen molar-refractivity contribution in [3.63, 3.8) is 0 Å². The minimum Gasteiger partial charge on any atom is -0.378 e. The molecule has 0 radical (unpaired) electrons. The Morgan fingerprint density at radius 3 is 2.89 bits per heavy atom. The Morgan fingerprint density at radius 2 is 2.44 bits per heavy atom. The summed E-state index contributed by atoms with van der Waals surface area (Å²) in [6.07, 6.45) is 3.59. The van der Waals surface area contributed by atoms with Gasteiger partial charge in [0.2, 0.25) is 0 Å². The third-order valence-electron chi connectivity index (χ3n) is 0.780. The van der Waals surface area contributed by atoms with Crippen LogP contribution in [0.3, 0.4) is 0 Å². The molecule has 0 aromatic rings. The predicted octanol–water partition coefficient (Wildman–Crippen LogP) is 0.0966. The fourth-order valence-corrected chi connectivity index (χ4v) is 0.461. The fraction of sp³-hybridized carbons (Fsp3) is 0.500. The quantitative estimate of drug-likeness (QED) is 0.417. The first-order valence-corrected chi connectivity index (χ1v) is 2.83. The van der Waals surface area contributed by atoms with Gasteiger partial charge in [0.15, 0.2) is 0 Å². The van der Waals surface area contributed by atoms with Crippen LogP contribution in [0.1, 0.15) is 6.92 Å². The van der Waals surface area contributed by atoms with Crippen molar-refractivity contribution in [3.05, 3.63) is 11.8 Å². The average molecular weight is 127 g/mol. The Bertz CT molecular complexity index is 115. The average Bonchev–Trinajstić information content (AvgIpc) is 1.85. The molecule has 0 atom stereocenters. The van der Waals surface area contributed by atoms with Crippen molar-refractivity contribution in [2.45, 2.75) is 6.92 Å². The van der Waals surface area contributed by atoms with Crippen molar-refractivity contribution >= 4 is 6.21 Å². The second-order valence-corrected chi connectivity index (χ2v) is 1.68. The molecule has 0 rings (SSSR count). The van der Waals surface area contributed by atoms with Gasteiger partial charge in [-0.2, -0.15) is 0 Å². The third kappa shape index (κ3) is 5.03. The van der Waals surface area contributed by atoms with E-state index in [0.29, 0.717) is 6.67 Å². The lowest BCUT2D eigenvalue weighted by Gasteiger charge is -1.92. The van der Waals surface area contributed by atoms with Crippen LogP contribution >= 0.6 is 0 Å². The molecule has 9 heavy (non-hydrogen) atoms. The Morgan fingerprint density at radius 1 is 1.78 bits per heavy atom. The molecule has 3 N–H and O–H groups in total. The van der Waals surface area contributed by atoms with Crippen molar-refractivity contribution < 1.29 is 0 Å². The predicted molar refractivity (Wildman–Crippen MR) is 40.4 cm³/mol. The van der Waals surface area contributed by atoms with Gasteiger partial charge in [-0.25, -0.2) is 0 Å². The van der Waals surface area contributed by atoms with Gasteiger partial charge in [-0.3, -0.25) is 4.99 Å². The molecule has 0 aliphatic rings. The van der Waals surface area contributed by atoms with Gasteiger partial charge in [-0.1, -0.05) is 0 Å². The van der Waals surface area contributed by atoms with Crippen LogP contribution < -0.4 is 11.1 Å². The van der Waals surface area contributed by atoms with Crippen molar-refractivity contribution in [1.82, 2.24) is 5.32 Å². The monoisotopic (exact) mass is 127 g/mol. The Hall–Kier alpha value is -0.830. The van der Waals surface area contributed by atoms with Gasteiger partial charge in [0.25, 0.3) is 0 Å². The normalized spacial score (nSPS) is 12.6. The van der Waals surface area contributed by atoms with E-state index >= 15 is 0 Å². The highest BCUT2D eigenvalue weighted by atomic mass is 14.9. The summed E-state index contributed by atoms with van der Waals surface area (Å²) in [6, 6.07) is 0. The largest absolute Gasteiger partial charge is 0.378 e. The summed E-state index contributed by atoms with van der Waals surface area (Å²) in [5, 5.41) is 2.86. The molecule has 0 aliphatic heterocycles. The van der Waals surface area contributed by atoms with E-state index in [-0.39, 0.29) is 0 Å². The fourth-order valence-electron chi connectivity index (χ4n) is 0.461. The maximum Gasteiger partial charge on any atom is 0.0622 e. The lowest BCUT2D eigenvalue weighted by Crippen LogP contribution is -2.16. The molecule has 52 valence electrons. The summed E-state index contributed by atoms with van der Waals surface area (Å²) < 4.78 is 0. The zero-order valence-corrected chi connectivity index (χ0v) is 5.89. The van der Waals surface area contributed by atoms with Crippen LogP contribution in [0.15, 0.2) is 16.8 Å². The smallest absolute Gasteiger partial charge is 0.0622 e. The molecule has 0 heterocycles. The Labute approximate surface area is 55.7 Å². The van der Waals surface area contributed by atoms with Gasteiger partial charge in [0.05, 0.1) is 6.67 Å². The third-order valence-corrected chi connectivity index (χ3v) is 0.780. The van der Waals surface area contributed by atoms with Crippen molar-refractivity contribution in [3.8, 4) is 0 Å². The van der Waals surface area contributed by atoms with Crippen LogP contribution in [-0.2, 0) is 0 Å². The molecule has 0 saturated carbocycles. The van der Waals surface area contributed by atoms with Crippen LogP contribution in [0.2, 0.25) is 0 Å². The standard InChI is InChI=1S/C6H13N3/c1-6(3-8-2)4-9-5-7/h3-4,9H,5,7H2,1-2H3/b6-4-,8-3?. The van der Waals surface area contributed by atoms with Gasteiger partial charge in [-0.15, -0.1) is 0 Å². The number of nitrogens with zero attached hydrogens (tertiary/aromatic N) is 1. The molecule has 0 aliphatic carbocycles. The first-order chi connectivity index (χ1) is 4.31. The Balaban J connectivity index is 3.55. The molecular formula is C6H13N3. The molecule has 0 bridgehead atoms. The molecule has 0 amide bonds. The molecule has 0 fully saturated rings. The zero-order valence-electron chi connectivity index (χ0n) is 5.89. The molecule has 0 aromatic carbocycles. The lowest BCUT2D eigenvalue weighted by atomic mass is 10.4. The van der Waals surface area contributed by atoms with Gasteiger partial charge in [0.1, 0.15) is 0 Å². The topological polar surface area (TPSA) is 50.4 Å². The summed E-state index contributed by atoms with van der Waals surface area (Å²) in [5.74, 6) is 0. The van der Waals surface area contributed by atoms with E-state index in [1.54, 1.807) is 13.3 Å². The van der Waals surface area contributed by atoms with E-state index in [2.05, 4.69) is 10.3 Å². The van der Waals surface area contributed by atoms with Gasteiger partial charge in [-0.05, 0) is 12.5 Å². The van der Waals surface area contributed by atoms with Crippen LogP contribution in [-0.4, -0.2) is 19.9 Å². The Kier molecular flexibility index (Phi) is 4.82. The SMILES string of the molecule is CN=C/C(C)=C\NCN. The number of hydrogen-bond acceptors (Lipinski definition) is 3. The number of aliphatic imine (C=N–C) groups is 1. The number of nitrogens with one attached hydrogen (secondary N) is 1. The second kappa shape index (κ2) is 5.31. The first kappa shape index (κ1) is 8.17. The van der Waals surface area contributed by atoms with Gasteiger partial charge in [0, 0.05) is 19.5 Å². The van der Waals surface area contributed by atoms with Crippen LogP contribution in [0.5, 0.6) is 0 Å². The number of hydrogen-bond donors (Lipinski definition) is 2. The van der Waals surface area contributed by atoms with E-state index in [9.17, 15) is 0 Å². The van der Waals surface area contributed by atoms with Crippen molar-refractivity contribution in [1.29, 1.82) is 0 Å². The molecule has 0 aromatic heterocycles. The summed E-state index contributed by atoms with van der Waals surface area (Å²) in [4.78, 5) is 3.81. The highest BCUT2D eigenvalue weighted by molar-refractivity contribution is 5.77. The maximum atomic E-state index is 5.17. The molecule has 3 heteroatoms. The van der Waals surface area contributed by atoms with E-state index in [1.807, 2.05) is 13.1 Å². The molecular weight excluding hydrogens is 114 g/mol. The van der Waals surface area contributed by atoms with E-state index < -0.39 is 0 Å². The summed E-state index contributed by atoms with van der Waals surface area (Å²) >= 11 is 0. The second-order valence-electron chi connectivity index (χ2n) is 1.68. The first-order valence-electron chi connectivity index (χ1n) is 2.83. The van der Waals surface area contributed by atoms with Crippen LogP contribution in [0.4, 0.5) is 0 Å². The highest BCUT2D eigenvalue weighted by Crippen LogP contribution is 1.81. The van der Waals surface area contributed by atoms with E-state index in [4.69, 9.17) is 5.73 Å². The molecule has 0 saturated heterocycles. The van der Waals surface area contributed by atoms with E-state index in [0.717, 1.165) is 5.57 Å². The number of nitrogens with two attached hydrogens (primary N) is 1. The van der Waals surface area contributed by atoms with Crippen LogP contribution in [0.25, 0.3) is 0 Å². The number of allylic oxidation sites excluding steroid dienone is 1.